The van der Waals surface area contributed by atoms with Crippen LogP contribution in [0.1, 0.15) is 87.6 Å². The van der Waals surface area contributed by atoms with Gasteiger partial charge in [0.1, 0.15) is 11.4 Å². The van der Waals surface area contributed by atoms with Crippen LogP contribution in [-0.2, 0) is 32.7 Å². The van der Waals surface area contributed by atoms with Crippen LogP contribution in [0.4, 0.5) is 5.88 Å². The second kappa shape index (κ2) is 12.7. The maximum absolute atomic E-state index is 13.8. The van der Waals surface area contributed by atoms with E-state index in [9.17, 15) is 18.0 Å². The molecule has 3 heterocycles. The fourth-order valence-electron chi connectivity index (χ4n) is 6.89. The Labute approximate surface area is 271 Å². The number of hydrogen-bond acceptors (Lipinski definition) is 7. The topological polar surface area (TPSA) is 125 Å². The molecule has 244 valence electrons. The first-order valence-corrected chi connectivity index (χ1v) is 17.9. The zero-order chi connectivity index (χ0) is 32.6. The number of nitrogens with zero attached hydrogens (tertiary/aromatic N) is 4. The van der Waals surface area contributed by atoms with E-state index in [1.807, 2.05) is 34.9 Å². The van der Waals surface area contributed by atoms with Gasteiger partial charge < -0.3 is 9.42 Å². The number of sulfonamides is 1. The summed E-state index contributed by atoms with van der Waals surface area (Å²) in [6.07, 6.45) is 7.13. The fourth-order valence-corrected chi connectivity index (χ4v) is 8.16. The second-order valence-corrected chi connectivity index (χ2v) is 14.7. The molecule has 1 N–H and O–H groups in total. The van der Waals surface area contributed by atoms with Gasteiger partial charge in [0.05, 0.1) is 17.1 Å². The van der Waals surface area contributed by atoms with Gasteiger partial charge in [0, 0.05) is 36.6 Å². The first-order chi connectivity index (χ1) is 22.0. The summed E-state index contributed by atoms with van der Waals surface area (Å²) in [6, 6.07) is 12.7. The number of carbonyl (C=O) groups is 2. The molecule has 3 aliphatic rings. The van der Waals surface area contributed by atoms with Gasteiger partial charge in [-0.05, 0) is 62.3 Å². The molecule has 2 aliphatic heterocycles. The third kappa shape index (κ3) is 5.97. The van der Waals surface area contributed by atoms with Gasteiger partial charge in [-0.2, -0.15) is 0 Å². The van der Waals surface area contributed by atoms with E-state index in [1.165, 1.54) is 0 Å². The zero-order valence-electron chi connectivity index (χ0n) is 27.1. The van der Waals surface area contributed by atoms with Crippen molar-refractivity contribution in [3.8, 4) is 11.1 Å². The predicted octanol–water partition coefficient (Wildman–Crippen LogP) is 6.37. The number of amidine groups is 1. The van der Waals surface area contributed by atoms with Crippen LogP contribution in [0.2, 0.25) is 0 Å². The Morgan fingerprint density at radius 2 is 1.80 bits per heavy atom. The molecule has 6 rings (SSSR count). The van der Waals surface area contributed by atoms with Crippen molar-refractivity contribution < 1.29 is 22.5 Å². The average Bonchev–Trinajstić information content (AvgIpc) is 3.79. The summed E-state index contributed by atoms with van der Waals surface area (Å²) in [4.78, 5) is 35.7. The summed E-state index contributed by atoms with van der Waals surface area (Å²) in [5.41, 5.74) is 3.56. The van der Waals surface area contributed by atoms with Crippen molar-refractivity contribution in [1.29, 1.82) is 0 Å². The van der Waals surface area contributed by atoms with Crippen molar-refractivity contribution >= 4 is 33.6 Å². The number of aliphatic imine (C=N–C) groups is 1. The molecule has 2 aromatic carbocycles. The highest BCUT2D eigenvalue weighted by molar-refractivity contribution is 7.92. The van der Waals surface area contributed by atoms with Gasteiger partial charge in [-0.15, -0.1) is 0 Å². The van der Waals surface area contributed by atoms with E-state index in [1.54, 1.807) is 38.1 Å². The number of aromatic nitrogens is 1. The Balaban J connectivity index is 1.38. The van der Waals surface area contributed by atoms with E-state index in [4.69, 9.17) is 9.52 Å². The summed E-state index contributed by atoms with van der Waals surface area (Å²) in [7, 11) is -4.06. The summed E-state index contributed by atoms with van der Waals surface area (Å²) in [5, 5.41) is 3.89. The molecule has 1 saturated heterocycles. The molecule has 1 saturated carbocycles. The summed E-state index contributed by atoms with van der Waals surface area (Å²) < 4.78 is 35.4. The maximum Gasteiger partial charge on any atom is 0.264 e. The van der Waals surface area contributed by atoms with Gasteiger partial charge in [-0.25, -0.2) is 13.1 Å². The number of likely N-dealkylation sites (tertiary alicyclic amines) is 1. The van der Waals surface area contributed by atoms with E-state index in [0.29, 0.717) is 42.0 Å². The fraction of sp³-hybridized carbons (Fsp3) is 0.486. The molecule has 0 radical (unpaired) electrons. The van der Waals surface area contributed by atoms with Crippen LogP contribution in [0, 0.1) is 19.8 Å². The first-order valence-electron chi connectivity index (χ1n) is 16.4. The van der Waals surface area contributed by atoms with Crippen LogP contribution in [0.15, 0.2) is 56.9 Å². The van der Waals surface area contributed by atoms with Crippen molar-refractivity contribution in [3.63, 3.8) is 0 Å². The molecule has 1 aliphatic carbocycles. The van der Waals surface area contributed by atoms with Gasteiger partial charge in [0.15, 0.2) is 0 Å². The van der Waals surface area contributed by atoms with Crippen LogP contribution in [0.25, 0.3) is 11.1 Å². The van der Waals surface area contributed by atoms with Gasteiger partial charge in [-0.1, -0.05) is 74.7 Å². The molecular weight excluding hydrogens is 602 g/mol. The van der Waals surface area contributed by atoms with Crippen LogP contribution < -0.4 is 4.72 Å². The van der Waals surface area contributed by atoms with Crippen LogP contribution >= 0.6 is 0 Å². The molecule has 1 spiro atoms. The number of anilines is 1. The monoisotopic (exact) mass is 645 g/mol. The SMILES string of the molecule is CCCCC1=NC2(CCCC2)C(=O)N1Cc1ccc(-c2ccccc2S(=O)(=O)Nc2onc(C)c2C)c(CN2CCC(C)C2=O)c1. The Morgan fingerprint density at radius 1 is 1.04 bits per heavy atom. The highest BCUT2D eigenvalue weighted by Crippen LogP contribution is 2.41. The standard InChI is InChI=1S/C35H43N5O5S/c1-5-6-13-31-36-35(17-9-10-18-35)34(42)40(31)21-26-14-15-28(27(20-26)22-39-19-16-23(2)33(39)41)29-11-7-8-12-30(29)46(43,44)38-32-24(3)25(4)37-45-32/h7-8,11-12,14-15,20,23,38H,5-6,9-10,13,16-19,21-22H2,1-4H3. The van der Waals surface area contributed by atoms with Gasteiger partial charge >= 0.3 is 0 Å². The highest BCUT2D eigenvalue weighted by Gasteiger charge is 2.49. The van der Waals surface area contributed by atoms with Gasteiger partial charge in [0.25, 0.3) is 15.9 Å². The molecule has 2 fully saturated rings. The van der Waals surface area contributed by atoms with Gasteiger partial charge in [-0.3, -0.25) is 19.5 Å². The van der Waals surface area contributed by atoms with Crippen molar-refractivity contribution in [2.45, 2.75) is 103 Å². The van der Waals surface area contributed by atoms with Gasteiger partial charge in [0.2, 0.25) is 11.8 Å². The number of amides is 2. The average molecular weight is 646 g/mol. The maximum atomic E-state index is 13.8. The molecule has 1 unspecified atom stereocenters. The van der Waals surface area contributed by atoms with Crippen LogP contribution in [0.3, 0.4) is 0 Å². The third-order valence-electron chi connectivity index (χ3n) is 9.77. The quantitative estimate of drug-likeness (QED) is 0.258. The number of hydrogen-bond donors (Lipinski definition) is 1. The number of carbonyl (C=O) groups excluding carboxylic acids is 2. The molecule has 11 heteroatoms. The number of unbranched alkanes of at least 4 members (excludes halogenated alkanes) is 1. The number of benzene rings is 2. The van der Waals surface area contributed by atoms with E-state index in [0.717, 1.165) is 68.3 Å². The number of nitrogens with one attached hydrogen (secondary N) is 1. The molecule has 1 aromatic heterocycles. The summed E-state index contributed by atoms with van der Waals surface area (Å²) in [5.74, 6) is 1.06. The summed E-state index contributed by atoms with van der Waals surface area (Å²) >= 11 is 0. The van der Waals surface area contributed by atoms with Crippen LogP contribution in [0.5, 0.6) is 0 Å². The summed E-state index contributed by atoms with van der Waals surface area (Å²) in [6.45, 7) is 8.93. The lowest BCUT2D eigenvalue weighted by molar-refractivity contribution is -0.131. The molecule has 1 atom stereocenters. The molecule has 46 heavy (non-hydrogen) atoms. The van der Waals surface area contributed by atoms with Crippen LogP contribution in [-0.4, -0.2) is 53.1 Å². The van der Waals surface area contributed by atoms with Crippen molar-refractivity contribution in [1.82, 2.24) is 15.0 Å². The predicted molar refractivity (Wildman–Crippen MR) is 177 cm³/mol. The van der Waals surface area contributed by atoms with Crippen molar-refractivity contribution in [2.75, 3.05) is 11.3 Å². The number of rotatable bonds is 11. The van der Waals surface area contributed by atoms with E-state index in [-0.39, 0.29) is 28.5 Å². The Hall–Kier alpha value is -3.99. The molecule has 10 nitrogen and oxygen atoms in total. The lowest BCUT2D eigenvalue weighted by atomic mass is 9.96. The normalized spacial score (nSPS) is 19.5. The van der Waals surface area contributed by atoms with Crippen molar-refractivity contribution in [2.24, 2.45) is 10.9 Å². The van der Waals surface area contributed by atoms with E-state index >= 15 is 0 Å². The molecule has 2 amide bonds. The Kier molecular flexibility index (Phi) is 8.80. The number of aryl methyl sites for hydroxylation is 1. The minimum Gasteiger partial charge on any atom is -0.338 e. The molecule has 0 bridgehead atoms. The molecular formula is C35H43N5O5S. The van der Waals surface area contributed by atoms with Crippen molar-refractivity contribution in [3.05, 3.63) is 64.8 Å². The third-order valence-corrected chi connectivity index (χ3v) is 11.2. The lowest BCUT2D eigenvalue weighted by Crippen LogP contribution is -2.40. The lowest BCUT2D eigenvalue weighted by Gasteiger charge is -2.24. The Morgan fingerprint density at radius 3 is 2.48 bits per heavy atom. The first kappa shape index (κ1) is 32.0. The highest BCUT2D eigenvalue weighted by atomic mass is 32.2. The van der Waals surface area contributed by atoms with E-state index < -0.39 is 15.6 Å². The minimum atomic E-state index is -4.06. The minimum absolute atomic E-state index is 0.0562. The largest absolute Gasteiger partial charge is 0.338 e. The zero-order valence-corrected chi connectivity index (χ0v) is 28.0. The van der Waals surface area contributed by atoms with E-state index in [2.05, 4.69) is 16.8 Å². The molecule has 3 aromatic rings. The second-order valence-electron chi connectivity index (χ2n) is 13.0. The smallest absolute Gasteiger partial charge is 0.264 e. The Bertz CT molecular complexity index is 1790.